The quantitative estimate of drug-likeness (QED) is 0.506. The number of benzene rings is 2. The predicted octanol–water partition coefficient (Wildman–Crippen LogP) is 5.94. The van der Waals surface area contributed by atoms with Crippen LogP contribution in [0.15, 0.2) is 42.6 Å². The van der Waals surface area contributed by atoms with Gasteiger partial charge in [-0.1, -0.05) is 19.1 Å². The van der Waals surface area contributed by atoms with Crippen LogP contribution in [0.5, 0.6) is 5.75 Å². The largest absolute Gasteiger partial charge is 0.496 e. The van der Waals surface area contributed by atoms with Gasteiger partial charge in [0.15, 0.2) is 0 Å². The van der Waals surface area contributed by atoms with Crippen molar-refractivity contribution in [3.63, 3.8) is 0 Å². The monoisotopic (exact) mass is 432 g/mol. The highest BCUT2D eigenvalue weighted by molar-refractivity contribution is 5.88. The van der Waals surface area contributed by atoms with Crippen LogP contribution in [0.2, 0.25) is 0 Å². The van der Waals surface area contributed by atoms with Crippen molar-refractivity contribution in [3.05, 3.63) is 64.8 Å². The number of ether oxygens (including phenoxy) is 1. The standard InChI is InChI=1S/C27H32N2O3/c1-17-14-24(32-3)22(21-10-12-28-25(17)21)16-29-13-11-27(2,20-8-9-20)15-23(29)18-4-6-19(7-5-18)26(30)31/h4-7,10,12,14,20,23,28H,8-9,11,13,15-16H2,1-3H3,(H,30,31)/t23-,27+/m0/s1. The van der Waals surface area contributed by atoms with Crippen molar-refractivity contribution in [2.45, 2.75) is 52.1 Å². The summed E-state index contributed by atoms with van der Waals surface area (Å²) in [4.78, 5) is 17.3. The van der Waals surface area contributed by atoms with Gasteiger partial charge in [-0.25, -0.2) is 4.79 Å². The molecule has 1 aromatic heterocycles. The van der Waals surface area contributed by atoms with E-state index in [-0.39, 0.29) is 6.04 Å². The predicted molar refractivity (Wildman–Crippen MR) is 126 cm³/mol. The van der Waals surface area contributed by atoms with Gasteiger partial charge in [-0.15, -0.1) is 0 Å². The Labute approximate surface area is 189 Å². The number of likely N-dealkylation sites (tertiary alicyclic amines) is 1. The van der Waals surface area contributed by atoms with E-state index in [0.717, 1.165) is 31.2 Å². The maximum atomic E-state index is 11.4. The summed E-state index contributed by atoms with van der Waals surface area (Å²) in [5.74, 6) is 0.889. The van der Waals surface area contributed by atoms with Crippen molar-refractivity contribution >= 4 is 16.9 Å². The first kappa shape index (κ1) is 21.1. The maximum absolute atomic E-state index is 11.4. The van der Waals surface area contributed by atoms with Gasteiger partial charge in [0.2, 0.25) is 0 Å². The van der Waals surface area contributed by atoms with E-state index in [2.05, 4.69) is 35.9 Å². The lowest BCUT2D eigenvalue weighted by atomic mass is 9.71. The van der Waals surface area contributed by atoms with E-state index in [1.54, 1.807) is 19.2 Å². The van der Waals surface area contributed by atoms with Gasteiger partial charge in [0.25, 0.3) is 0 Å². The molecule has 0 spiro atoms. The Morgan fingerprint density at radius 3 is 2.66 bits per heavy atom. The van der Waals surface area contributed by atoms with Crippen LogP contribution in [0.25, 0.3) is 10.9 Å². The molecule has 32 heavy (non-hydrogen) atoms. The highest BCUT2D eigenvalue weighted by Gasteiger charge is 2.46. The SMILES string of the molecule is COc1cc(C)c2[nH]ccc2c1CN1CC[C@@](C)(C2CC2)C[C@H]1c1ccc(C(=O)O)cc1. The number of aromatic carboxylic acids is 1. The van der Waals surface area contributed by atoms with Crippen molar-refractivity contribution in [3.8, 4) is 5.75 Å². The third-order valence-electron chi connectivity index (χ3n) is 7.87. The number of nitrogens with one attached hydrogen (secondary N) is 1. The van der Waals surface area contributed by atoms with Crippen LogP contribution in [0.4, 0.5) is 0 Å². The number of fused-ring (bicyclic) bond motifs is 1. The number of methoxy groups -OCH3 is 1. The van der Waals surface area contributed by atoms with E-state index < -0.39 is 5.97 Å². The minimum atomic E-state index is -0.876. The van der Waals surface area contributed by atoms with Crippen molar-refractivity contribution in [1.82, 2.24) is 9.88 Å². The van der Waals surface area contributed by atoms with Gasteiger partial charge in [-0.2, -0.15) is 0 Å². The number of aryl methyl sites for hydroxylation is 1. The molecule has 1 saturated carbocycles. The number of H-pyrrole nitrogens is 1. The van der Waals surface area contributed by atoms with Gasteiger partial charge >= 0.3 is 5.97 Å². The van der Waals surface area contributed by atoms with E-state index in [0.29, 0.717) is 11.0 Å². The van der Waals surface area contributed by atoms with Crippen LogP contribution < -0.4 is 4.74 Å². The lowest BCUT2D eigenvalue weighted by Gasteiger charge is -2.46. The molecule has 2 atom stereocenters. The van der Waals surface area contributed by atoms with E-state index in [1.807, 2.05) is 18.3 Å². The van der Waals surface area contributed by atoms with E-state index in [9.17, 15) is 9.90 Å². The van der Waals surface area contributed by atoms with Gasteiger partial charge in [0.1, 0.15) is 5.75 Å². The Morgan fingerprint density at radius 1 is 1.25 bits per heavy atom. The second-order valence-electron chi connectivity index (χ2n) is 9.94. The molecule has 2 fully saturated rings. The zero-order valence-corrected chi connectivity index (χ0v) is 19.1. The smallest absolute Gasteiger partial charge is 0.335 e. The molecule has 2 N–H and O–H groups in total. The summed E-state index contributed by atoms with van der Waals surface area (Å²) in [7, 11) is 1.75. The Hall–Kier alpha value is -2.79. The van der Waals surface area contributed by atoms with Crippen LogP contribution in [0, 0.1) is 18.3 Å². The molecule has 0 unspecified atom stereocenters. The first-order chi connectivity index (χ1) is 15.4. The second kappa shape index (κ2) is 7.96. The number of nitrogens with zero attached hydrogens (tertiary/aromatic N) is 1. The minimum absolute atomic E-state index is 0.261. The summed E-state index contributed by atoms with van der Waals surface area (Å²) in [6.07, 6.45) is 7.00. The molecule has 5 heteroatoms. The molecule has 2 aromatic carbocycles. The summed E-state index contributed by atoms with van der Waals surface area (Å²) in [6, 6.07) is 12.1. The minimum Gasteiger partial charge on any atom is -0.496 e. The summed E-state index contributed by atoms with van der Waals surface area (Å²) in [6.45, 7) is 6.41. The van der Waals surface area contributed by atoms with E-state index >= 15 is 0 Å². The Morgan fingerprint density at radius 2 is 2.00 bits per heavy atom. The van der Waals surface area contributed by atoms with Crippen molar-refractivity contribution < 1.29 is 14.6 Å². The molecule has 3 aromatic rings. The number of hydrogen-bond donors (Lipinski definition) is 2. The van der Waals surface area contributed by atoms with Crippen LogP contribution in [-0.4, -0.2) is 34.6 Å². The maximum Gasteiger partial charge on any atom is 0.335 e. The number of aromatic amines is 1. The van der Waals surface area contributed by atoms with Gasteiger partial charge < -0.3 is 14.8 Å². The fourth-order valence-corrected chi connectivity index (χ4v) is 5.73. The number of carboxylic acid groups (broad SMARTS) is 1. The first-order valence-electron chi connectivity index (χ1n) is 11.6. The zero-order valence-electron chi connectivity index (χ0n) is 19.1. The highest BCUT2D eigenvalue weighted by atomic mass is 16.5. The molecule has 2 heterocycles. The number of carboxylic acids is 1. The number of aromatic nitrogens is 1. The highest BCUT2D eigenvalue weighted by Crippen LogP contribution is 2.55. The number of hydrogen-bond acceptors (Lipinski definition) is 3. The fraction of sp³-hybridized carbons (Fsp3) is 0.444. The molecular formula is C27H32N2O3. The zero-order chi connectivity index (χ0) is 22.5. The summed E-state index contributed by atoms with van der Waals surface area (Å²) in [5.41, 5.74) is 5.48. The van der Waals surface area contributed by atoms with Crippen LogP contribution >= 0.6 is 0 Å². The van der Waals surface area contributed by atoms with Gasteiger partial charge in [0.05, 0.1) is 12.7 Å². The molecule has 1 saturated heterocycles. The second-order valence-corrected chi connectivity index (χ2v) is 9.94. The average molecular weight is 433 g/mol. The lowest BCUT2D eigenvalue weighted by molar-refractivity contribution is 0.0393. The number of piperidine rings is 1. The molecule has 5 rings (SSSR count). The molecule has 0 bridgehead atoms. The van der Waals surface area contributed by atoms with E-state index in [1.165, 1.54) is 46.9 Å². The summed E-state index contributed by atoms with van der Waals surface area (Å²) in [5, 5.41) is 10.5. The van der Waals surface area contributed by atoms with Crippen molar-refractivity contribution in [1.29, 1.82) is 0 Å². The average Bonchev–Trinajstić information content (AvgIpc) is 3.54. The number of rotatable bonds is 6. The Bertz CT molecular complexity index is 1150. The van der Waals surface area contributed by atoms with Crippen molar-refractivity contribution in [2.24, 2.45) is 11.3 Å². The fourth-order valence-electron chi connectivity index (χ4n) is 5.73. The lowest BCUT2D eigenvalue weighted by Crippen LogP contribution is -2.41. The van der Waals surface area contributed by atoms with Crippen LogP contribution in [0.3, 0.4) is 0 Å². The molecular weight excluding hydrogens is 400 g/mol. The first-order valence-corrected chi connectivity index (χ1v) is 11.6. The van der Waals surface area contributed by atoms with Gasteiger partial charge in [0, 0.05) is 35.2 Å². The molecule has 0 amide bonds. The molecule has 5 nitrogen and oxygen atoms in total. The van der Waals surface area contributed by atoms with E-state index in [4.69, 9.17) is 4.74 Å². The van der Waals surface area contributed by atoms with Crippen molar-refractivity contribution in [2.75, 3.05) is 13.7 Å². The third kappa shape index (κ3) is 3.69. The van der Waals surface area contributed by atoms with Crippen LogP contribution in [-0.2, 0) is 6.54 Å². The molecule has 168 valence electrons. The normalized spacial score (nSPS) is 24.0. The van der Waals surface area contributed by atoms with Crippen LogP contribution in [0.1, 0.15) is 65.7 Å². The summed E-state index contributed by atoms with van der Waals surface area (Å²) < 4.78 is 5.81. The molecule has 2 aliphatic rings. The molecule has 1 aliphatic carbocycles. The third-order valence-corrected chi connectivity index (χ3v) is 7.87. The Kier molecular flexibility index (Phi) is 5.25. The molecule has 0 radical (unpaired) electrons. The number of carbonyl (C=O) groups is 1. The summed E-state index contributed by atoms with van der Waals surface area (Å²) >= 11 is 0. The topological polar surface area (TPSA) is 65.6 Å². The molecule has 1 aliphatic heterocycles. The van der Waals surface area contributed by atoms with Gasteiger partial charge in [-0.05, 0) is 85.9 Å². The van der Waals surface area contributed by atoms with Gasteiger partial charge in [-0.3, -0.25) is 4.90 Å². The Balaban J connectivity index is 1.52.